The highest BCUT2D eigenvalue weighted by atomic mass is 16.5. The zero-order chi connectivity index (χ0) is 20.4. The van der Waals surface area contributed by atoms with E-state index in [0.717, 1.165) is 10.2 Å². The predicted octanol–water partition coefficient (Wildman–Crippen LogP) is 1.66. The van der Waals surface area contributed by atoms with Gasteiger partial charge in [0.15, 0.2) is 17.1 Å². The average molecular weight is 389 g/mol. The Kier molecular flexibility index (Phi) is 4.62. The first-order chi connectivity index (χ1) is 14.0. The zero-order valence-electron chi connectivity index (χ0n) is 15.2. The van der Waals surface area contributed by atoms with E-state index >= 15 is 0 Å². The Morgan fingerprint density at radius 2 is 1.59 bits per heavy atom. The van der Waals surface area contributed by atoms with Crippen molar-refractivity contribution in [3.63, 3.8) is 0 Å². The first kappa shape index (κ1) is 18.1. The number of amides is 2. The summed E-state index contributed by atoms with van der Waals surface area (Å²) in [7, 11) is 1.45. The van der Waals surface area contributed by atoms with E-state index in [1.54, 1.807) is 24.3 Å². The van der Waals surface area contributed by atoms with E-state index in [2.05, 4.69) is 21.1 Å². The van der Waals surface area contributed by atoms with E-state index in [-0.39, 0.29) is 16.9 Å². The molecule has 2 aromatic carbocycles. The van der Waals surface area contributed by atoms with Crippen LogP contribution in [-0.4, -0.2) is 26.8 Å². The van der Waals surface area contributed by atoms with E-state index in [4.69, 9.17) is 4.52 Å². The molecule has 0 aliphatic heterocycles. The topological polar surface area (TPSA) is 119 Å². The van der Waals surface area contributed by atoms with E-state index in [9.17, 15) is 14.4 Å². The summed E-state index contributed by atoms with van der Waals surface area (Å²) in [5, 5.41) is 8.46. The molecule has 0 bridgehead atoms. The molecule has 0 saturated carbocycles. The number of aromatic nitrogens is 3. The van der Waals surface area contributed by atoms with Gasteiger partial charge in [-0.1, -0.05) is 53.7 Å². The van der Waals surface area contributed by atoms with Gasteiger partial charge in [-0.05, 0) is 6.07 Å². The summed E-state index contributed by atoms with van der Waals surface area (Å²) in [6, 6.07) is 17.3. The molecule has 2 N–H and O–H groups in total. The molecule has 0 radical (unpaired) electrons. The number of rotatable bonds is 3. The maximum absolute atomic E-state index is 12.5. The second-order valence-electron chi connectivity index (χ2n) is 6.17. The van der Waals surface area contributed by atoms with Gasteiger partial charge in [-0.2, -0.15) is 5.10 Å². The lowest BCUT2D eigenvalue weighted by Crippen LogP contribution is -2.42. The smallest absolute Gasteiger partial charge is 0.291 e. The Balaban J connectivity index is 1.51. The summed E-state index contributed by atoms with van der Waals surface area (Å²) in [4.78, 5) is 37.0. The summed E-state index contributed by atoms with van der Waals surface area (Å²) < 4.78 is 6.25. The molecular weight excluding hydrogens is 374 g/mol. The molecule has 0 aliphatic carbocycles. The van der Waals surface area contributed by atoms with Gasteiger partial charge in [0.05, 0.1) is 5.39 Å². The molecule has 4 aromatic rings. The second-order valence-corrected chi connectivity index (χ2v) is 6.17. The third-order valence-corrected chi connectivity index (χ3v) is 4.26. The van der Waals surface area contributed by atoms with Crippen LogP contribution in [0.2, 0.25) is 0 Å². The lowest BCUT2D eigenvalue weighted by atomic mass is 10.1. The highest BCUT2D eigenvalue weighted by Crippen LogP contribution is 2.19. The Morgan fingerprint density at radius 3 is 2.34 bits per heavy atom. The van der Waals surface area contributed by atoms with Crippen molar-refractivity contribution in [1.82, 2.24) is 25.8 Å². The second kappa shape index (κ2) is 7.39. The Hall–Kier alpha value is -4.27. The molecule has 0 fully saturated rings. The Bertz CT molecular complexity index is 1280. The number of nitrogens with one attached hydrogen (secondary N) is 2. The van der Waals surface area contributed by atoms with Crippen molar-refractivity contribution in [1.29, 1.82) is 0 Å². The number of hydrogen-bond donors (Lipinski definition) is 2. The van der Waals surface area contributed by atoms with Crippen molar-refractivity contribution >= 4 is 22.6 Å². The van der Waals surface area contributed by atoms with Crippen LogP contribution in [-0.2, 0) is 7.05 Å². The van der Waals surface area contributed by atoms with Gasteiger partial charge in [-0.15, -0.1) is 0 Å². The van der Waals surface area contributed by atoms with Crippen LogP contribution in [0.5, 0.6) is 0 Å². The van der Waals surface area contributed by atoms with Crippen molar-refractivity contribution in [2.75, 3.05) is 0 Å². The molecule has 4 rings (SSSR count). The summed E-state index contributed by atoms with van der Waals surface area (Å²) in [6.07, 6.45) is 0. The van der Waals surface area contributed by atoms with Crippen LogP contribution in [0, 0.1) is 0 Å². The lowest BCUT2D eigenvalue weighted by Gasteiger charge is -2.09. The maximum Gasteiger partial charge on any atom is 0.291 e. The van der Waals surface area contributed by atoms with Crippen LogP contribution >= 0.6 is 0 Å². The van der Waals surface area contributed by atoms with Crippen molar-refractivity contribution in [3.8, 4) is 11.3 Å². The third-order valence-electron chi connectivity index (χ3n) is 4.26. The fourth-order valence-electron chi connectivity index (χ4n) is 2.82. The fraction of sp³-hybridized carbons (Fsp3) is 0.0500. The van der Waals surface area contributed by atoms with Crippen LogP contribution in [0.15, 0.2) is 70.0 Å². The number of nitrogens with zero attached hydrogens (tertiary/aromatic N) is 3. The number of carbonyl (C=O) groups is 2. The quantitative estimate of drug-likeness (QED) is 0.515. The maximum atomic E-state index is 12.5. The van der Waals surface area contributed by atoms with Gasteiger partial charge in [0.25, 0.3) is 17.4 Å². The van der Waals surface area contributed by atoms with Gasteiger partial charge in [-0.3, -0.25) is 25.2 Å². The largest absolute Gasteiger partial charge is 0.355 e. The fourth-order valence-corrected chi connectivity index (χ4v) is 2.82. The number of carbonyl (C=O) groups excluding carboxylic acids is 2. The SMILES string of the molecule is Cn1nc(C(=O)NNC(=O)c2cc(-c3ccccc3)on2)c2ccccc2c1=O. The highest BCUT2D eigenvalue weighted by molar-refractivity contribution is 6.05. The first-order valence-corrected chi connectivity index (χ1v) is 8.63. The summed E-state index contributed by atoms with van der Waals surface area (Å²) in [5.74, 6) is -0.900. The summed E-state index contributed by atoms with van der Waals surface area (Å²) >= 11 is 0. The monoisotopic (exact) mass is 389 g/mol. The number of hydrazine groups is 1. The number of fused-ring (bicyclic) bond motifs is 1. The molecule has 0 unspecified atom stereocenters. The number of aryl methyl sites for hydroxylation is 1. The molecule has 2 heterocycles. The van der Waals surface area contributed by atoms with Crippen LogP contribution in [0.4, 0.5) is 0 Å². The molecular formula is C20H15N5O4. The van der Waals surface area contributed by atoms with Crippen LogP contribution in [0.25, 0.3) is 22.1 Å². The van der Waals surface area contributed by atoms with Crippen molar-refractivity contribution in [2.45, 2.75) is 0 Å². The third kappa shape index (κ3) is 3.48. The molecule has 0 saturated heterocycles. The first-order valence-electron chi connectivity index (χ1n) is 8.63. The van der Waals surface area contributed by atoms with Gasteiger partial charge in [0.1, 0.15) is 0 Å². The lowest BCUT2D eigenvalue weighted by molar-refractivity contribution is 0.0839. The van der Waals surface area contributed by atoms with Gasteiger partial charge >= 0.3 is 0 Å². The van der Waals surface area contributed by atoms with Crippen molar-refractivity contribution in [3.05, 3.63) is 82.4 Å². The number of hydrogen-bond acceptors (Lipinski definition) is 6. The van der Waals surface area contributed by atoms with Crippen molar-refractivity contribution in [2.24, 2.45) is 7.05 Å². The number of benzene rings is 2. The van der Waals surface area contributed by atoms with E-state index in [1.165, 1.54) is 13.1 Å². The minimum atomic E-state index is -0.670. The van der Waals surface area contributed by atoms with Gasteiger partial charge < -0.3 is 4.52 Å². The van der Waals surface area contributed by atoms with E-state index in [0.29, 0.717) is 16.5 Å². The molecule has 2 amide bonds. The van der Waals surface area contributed by atoms with Gasteiger partial charge in [-0.25, -0.2) is 4.68 Å². The van der Waals surface area contributed by atoms with E-state index in [1.807, 2.05) is 30.3 Å². The molecule has 2 aromatic heterocycles. The molecule has 9 nitrogen and oxygen atoms in total. The average Bonchev–Trinajstić information content (AvgIpc) is 3.25. The van der Waals surface area contributed by atoms with Crippen LogP contribution in [0.3, 0.4) is 0 Å². The molecule has 0 atom stereocenters. The minimum Gasteiger partial charge on any atom is -0.355 e. The normalized spacial score (nSPS) is 10.7. The Morgan fingerprint density at radius 1 is 0.931 bits per heavy atom. The molecule has 0 aliphatic rings. The van der Waals surface area contributed by atoms with Crippen molar-refractivity contribution < 1.29 is 14.1 Å². The van der Waals surface area contributed by atoms with Crippen LogP contribution < -0.4 is 16.4 Å². The summed E-state index contributed by atoms with van der Waals surface area (Å²) in [5.41, 5.74) is 5.01. The van der Waals surface area contributed by atoms with E-state index < -0.39 is 11.8 Å². The molecule has 144 valence electrons. The standard InChI is InChI=1S/C20H15N5O4/c1-25-20(28)14-10-6-5-9-13(14)17(23-25)19(27)22-21-18(26)15-11-16(29-24-15)12-7-3-2-4-8-12/h2-11H,1H3,(H,21,26)(H,22,27). The highest BCUT2D eigenvalue weighted by Gasteiger charge is 2.18. The van der Waals surface area contributed by atoms with Gasteiger partial charge in [0, 0.05) is 24.1 Å². The minimum absolute atomic E-state index is 0.00225. The molecule has 0 spiro atoms. The van der Waals surface area contributed by atoms with Crippen LogP contribution in [0.1, 0.15) is 21.0 Å². The molecule has 9 heteroatoms. The molecule has 29 heavy (non-hydrogen) atoms. The zero-order valence-corrected chi connectivity index (χ0v) is 15.2. The van der Waals surface area contributed by atoms with Gasteiger partial charge in [0.2, 0.25) is 0 Å². The predicted molar refractivity (Wildman–Crippen MR) is 104 cm³/mol. The Labute approximate surface area is 163 Å². The summed E-state index contributed by atoms with van der Waals surface area (Å²) in [6.45, 7) is 0.